The van der Waals surface area contributed by atoms with E-state index in [4.69, 9.17) is 0 Å². The van der Waals surface area contributed by atoms with Crippen molar-refractivity contribution in [3.8, 4) is 0 Å². The molecule has 6 heteroatoms. The van der Waals surface area contributed by atoms with E-state index in [0.29, 0.717) is 22.8 Å². The SMILES string of the molecule is CCN(CC)CCN(C(=O)c1ccc(C)c(C)c1)c1nc2c(F)cccc2s1. The maximum atomic E-state index is 14.1. The monoisotopic (exact) mass is 399 g/mol. The van der Waals surface area contributed by atoms with Gasteiger partial charge in [-0.1, -0.05) is 37.3 Å². The lowest BCUT2D eigenvalue weighted by Crippen LogP contribution is -2.38. The summed E-state index contributed by atoms with van der Waals surface area (Å²) in [6.45, 7) is 11.3. The summed E-state index contributed by atoms with van der Waals surface area (Å²) >= 11 is 1.35. The van der Waals surface area contributed by atoms with E-state index < -0.39 is 0 Å². The predicted octanol–water partition coefficient (Wildman–Crippen LogP) is 5.04. The standard InChI is InChI=1S/C22H26FN3OS/c1-5-25(6-2)12-13-26(21(27)17-11-10-15(3)16(4)14-17)22-24-20-18(23)8-7-9-19(20)28-22/h7-11,14H,5-6,12-13H2,1-4H3. The summed E-state index contributed by atoms with van der Waals surface area (Å²) in [5, 5.41) is 0.537. The van der Waals surface area contributed by atoms with Crippen LogP contribution in [0.15, 0.2) is 36.4 Å². The third-order valence-corrected chi connectivity index (χ3v) is 6.17. The number of hydrogen-bond acceptors (Lipinski definition) is 4. The van der Waals surface area contributed by atoms with Crippen molar-refractivity contribution in [2.45, 2.75) is 27.7 Å². The molecule has 0 saturated heterocycles. The van der Waals surface area contributed by atoms with E-state index in [9.17, 15) is 9.18 Å². The first-order valence-corrected chi connectivity index (χ1v) is 10.4. The van der Waals surface area contributed by atoms with Crippen LogP contribution in [0.3, 0.4) is 0 Å². The highest BCUT2D eigenvalue weighted by molar-refractivity contribution is 7.22. The van der Waals surface area contributed by atoms with Gasteiger partial charge in [-0.25, -0.2) is 9.37 Å². The molecule has 0 fully saturated rings. The van der Waals surface area contributed by atoms with Crippen LogP contribution in [0.5, 0.6) is 0 Å². The van der Waals surface area contributed by atoms with Gasteiger partial charge in [0.05, 0.1) is 4.70 Å². The lowest BCUT2D eigenvalue weighted by molar-refractivity contribution is 0.0983. The van der Waals surface area contributed by atoms with E-state index in [1.54, 1.807) is 11.0 Å². The maximum Gasteiger partial charge on any atom is 0.260 e. The second-order valence-corrected chi connectivity index (χ2v) is 7.87. The van der Waals surface area contributed by atoms with Crippen LogP contribution in [0.1, 0.15) is 35.3 Å². The van der Waals surface area contributed by atoms with Gasteiger partial charge in [-0.05, 0) is 62.3 Å². The fourth-order valence-electron chi connectivity index (χ4n) is 3.11. The van der Waals surface area contributed by atoms with Crippen LogP contribution < -0.4 is 4.90 Å². The third kappa shape index (κ3) is 4.23. The van der Waals surface area contributed by atoms with Gasteiger partial charge < -0.3 is 4.90 Å². The molecule has 3 aromatic rings. The molecule has 0 radical (unpaired) electrons. The Kier molecular flexibility index (Phi) is 6.42. The molecule has 0 aliphatic rings. The zero-order chi connectivity index (χ0) is 20.3. The molecular formula is C22H26FN3OS. The quantitative estimate of drug-likeness (QED) is 0.558. The summed E-state index contributed by atoms with van der Waals surface area (Å²) in [6, 6.07) is 10.6. The number of carbonyl (C=O) groups excluding carboxylic acids is 1. The number of likely N-dealkylation sites (N-methyl/N-ethyl adjacent to an activating group) is 1. The van der Waals surface area contributed by atoms with Gasteiger partial charge in [0.25, 0.3) is 5.91 Å². The van der Waals surface area contributed by atoms with E-state index in [-0.39, 0.29) is 11.7 Å². The second kappa shape index (κ2) is 8.80. The molecule has 0 aliphatic heterocycles. The summed E-state index contributed by atoms with van der Waals surface area (Å²) in [7, 11) is 0. The number of fused-ring (bicyclic) bond motifs is 1. The molecule has 0 N–H and O–H groups in total. The number of benzene rings is 2. The Morgan fingerprint density at radius 1 is 1.07 bits per heavy atom. The molecule has 0 saturated carbocycles. The minimum atomic E-state index is -0.359. The van der Waals surface area contributed by atoms with Crippen molar-refractivity contribution < 1.29 is 9.18 Å². The molecule has 148 valence electrons. The average Bonchev–Trinajstić information content (AvgIpc) is 3.12. The van der Waals surface area contributed by atoms with E-state index in [0.717, 1.165) is 35.5 Å². The largest absolute Gasteiger partial charge is 0.302 e. The number of halogens is 1. The van der Waals surface area contributed by atoms with Crippen molar-refractivity contribution in [1.82, 2.24) is 9.88 Å². The van der Waals surface area contributed by atoms with Crippen molar-refractivity contribution >= 4 is 32.6 Å². The van der Waals surface area contributed by atoms with Crippen LogP contribution in [-0.4, -0.2) is 42.0 Å². The summed E-state index contributed by atoms with van der Waals surface area (Å²) in [4.78, 5) is 21.7. The molecule has 0 unspecified atom stereocenters. The Morgan fingerprint density at radius 2 is 1.82 bits per heavy atom. The molecule has 4 nitrogen and oxygen atoms in total. The van der Waals surface area contributed by atoms with Crippen molar-refractivity contribution in [1.29, 1.82) is 0 Å². The fraction of sp³-hybridized carbons (Fsp3) is 0.364. The molecular weight excluding hydrogens is 373 g/mol. The van der Waals surface area contributed by atoms with Gasteiger partial charge in [0.2, 0.25) is 0 Å². The van der Waals surface area contributed by atoms with Crippen molar-refractivity contribution in [3.05, 3.63) is 58.9 Å². The summed E-state index contributed by atoms with van der Waals surface area (Å²) < 4.78 is 14.9. The number of aryl methyl sites for hydroxylation is 2. The van der Waals surface area contributed by atoms with E-state index in [1.165, 1.54) is 17.4 Å². The molecule has 0 bridgehead atoms. The van der Waals surface area contributed by atoms with Gasteiger partial charge in [0, 0.05) is 18.7 Å². The van der Waals surface area contributed by atoms with Crippen LogP contribution in [-0.2, 0) is 0 Å². The van der Waals surface area contributed by atoms with Crippen LogP contribution in [0.2, 0.25) is 0 Å². The summed E-state index contributed by atoms with van der Waals surface area (Å²) in [5.74, 6) is -0.461. The molecule has 28 heavy (non-hydrogen) atoms. The van der Waals surface area contributed by atoms with Gasteiger partial charge in [-0.3, -0.25) is 9.69 Å². The molecule has 1 aromatic heterocycles. The van der Waals surface area contributed by atoms with Crippen LogP contribution in [0, 0.1) is 19.7 Å². The number of rotatable bonds is 7. The Hall–Kier alpha value is -2.31. The highest BCUT2D eigenvalue weighted by Crippen LogP contribution is 2.31. The van der Waals surface area contributed by atoms with Crippen molar-refractivity contribution in [3.63, 3.8) is 0 Å². The lowest BCUT2D eigenvalue weighted by Gasteiger charge is -2.25. The van der Waals surface area contributed by atoms with Gasteiger partial charge in [-0.15, -0.1) is 0 Å². The first-order valence-electron chi connectivity index (χ1n) is 9.61. The zero-order valence-corrected chi connectivity index (χ0v) is 17.6. The van der Waals surface area contributed by atoms with Crippen LogP contribution in [0.25, 0.3) is 10.2 Å². The molecule has 1 heterocycles. The third-order valence-electron chi connectivity index (χ3n) is 5.12. The molecule has 0 atom stereocenters. The number of anilines is 1. The molecule has 0 spiro atoms. The molecule has 1 amide bonds. The highest BCUT2D eigenvalue weighted by atomic mass is 32.1. The Balaban J connectivity index is 1.98. The van der Waals surface area contributed by atoms with Crippen LogP contribution >= 0.6 is 11.3 Å². The summed E-state index contributed by atoms with van der Waals surface area (Å²) in [5.41, 5.74) is 3.17. The number of amides is 1. The van der Waals surface area contributed by atoms with Gasteiger partial charge in [-0.2, -0.15) is 0 Å². The number of nitrogens with zero attached hydrogens (tertiary/aromatic N) is 3. The molecule has 3 rings (SSSR count). The summed E-state index contributed by atoms with van der Waals surface area (Å²) in [6.07, 6.45) is 0. The van der Waals surface area contributed by atoms with Crippen molar-refractivity contribution in [2.75, 3.05) is 31.1 Å². The Bertz CT molecular complexity index is 981. The smallest absolute Gasteiger partial charge is 0.260 e. The normalized spacial score (nSPS) is 11.4. The molecule has 2 aromatic carbocycles. The topological polar surface area (TPSA) is 36.4 Å². The second-order valence-electron chi connectivity index (χ2n) is 6.87. The number of hydrogen-bond donors (Lipinski definition) is 0. The van der Waals surface area contributed by atoms with Gasteiger partial charge >= 0.3 is 0 Å². The van der Waals surface area contributed by atoms with E-state index in [2.05, 4.69) is 23.7 Å². The first-order chi connectivity index (χ1) is 13.4. The Morgan fingerprint density at radius 3 is 2.46 bits per heavy atom. The number of aromatic nitrogens is 1. The Labute approximate surface area is 169 Å². The van der Waals surface area contributed by atoms with E-state index in [1.807, 2.05) is 38.1 Å². The van der Waals surface area contributed by atoms with Gasteiger partial charge in [0.1, 0.15) is 11.3 Å². The first kappa shape index (κ1) is 20.4. The predicted molar refractivity (Wildman–Crippen MR) is 115 cm³/mol. The van der Waals surface area contributed by atoms with E-state index >= 15 is 0 Å². The van der Waals surface area contributed by atoms with Crippen LogP contribution in [0.4, 0.5) is 9.52 Å². The number of carbonyl (C=O) groups is 1. The lowest BCUT2D eigenvalue weighted by atomic mass is 10.1. The highest BCUT2D eigenvalue weighted by Gasteiger charge is 2.23. The maximum absolute atomic E-state index is 14.1. The number of para-hydroxylation sites is 1. The molecule has 0 aliphatic carbocycles. The minimum Gasteiger partial charge on any atom is -0.302 e. The number of thiazole rings is 1. The zero-order valence-electron chi connectivity index (χ0n) is 16.8. The minimum absolute atomic E-state index is 0.102. The van der Waals surface area contributed by atoms with Gasteiger partial charge in [0.15, 0.2) is 5.13 Å². The average molecular weight is 400 g/mol. The van der Waals surface area contributed by atoms with Crippen molar-refractivity contribution in [2.24, 2.45) is 0 Å². The fourth-order valence-corrected chi connectivity index (χ4v) is 4.12.